The molecule has 0 aromatic heterocycles. The number of carbonyl (C=O) groups excluding carboxylic acids is 1. The molecule has 1 saturated heterocycles. The van der Waals surface area contributed by atoms with Crippen LogP contribution in [0, 0.1) is 11.6 Å². The van der Waals surface area contributed by atoms with Crippen LogP contribution in [0.25, 0.3) is 0 Å². The zero-order valence-electron chi connectivity index (χ0n) is 9.99. The third-order valence-electron chi connectivity index (χ3n) is 3.43. The Morgan fingerprint density at radius 3 is 2.95 bits per heavy atom. The van der Waals surface area contributed by atoms with E-state index in [1.807, 2.05) is 0 Å². The third-order valence-corrected chi connectivity index (χ3v) is 4.82. The van der Waals surface area contributed by atoms with E-state index in [2.05, 4.69) is 5.32 Å². The summed E-state index contributed by atoms with van der Waals surface area (Å²) >= 11 is 0. The molecular formula is C12H12F2N2O2S. The van der Waals surface area contributed by atoms with Crippen LogP contribution in [0.15, 0.2) is 12.1 Å². The minimum Gasteiger partial charge on any atom is -0.362 e. The van der Waals surface area contributed by atoms with Gasteiger partial charge in [-0.15, -0.1) is 0 Å². The van der Waals surface area contributed by atoms with E-state index in [0.717, 1.165) is 6.07 Å². The highest BCUT2D eigenvalue weighted by atomic mass is 32.2. The molecule has 2 aliphatic heterocycles. The summed E-state index contributed by atoms with van der Waals surface area (Å²) in [5, 5.41) is 2.58. The van der Waals surface area contributed by atoms with Crippen LogP contribution in [0.2, 0.25) is 0 Å². The lowest BCUT2D eigenvalue weighted by Crippen LogP contribution is -2.47. The van der Waals surface area contributed by atoms with Crippen molar-refractivity contribution in [3.63, 3.8) is 0 Å². The average molecular weight is 286 g/mol. The van der Waals surface area contributed by atoms with Crippen molar-refractivity contribution in [2.24, 2.45) is 0 Å². The van der Waals surface area contributed by atoms with E-state index < -0.39 is 22.4 Å². The van der Waals surface area contributed by atoms with Gasteiger partial charge in [0.05, 0.1) is 5.69 Å². The normalized spacial score (nSPS) is 26.2. The number of rotatable bonds is 0. The molecule has 1 fully saturated rings. The summed E-state index contributed by atoms with van der Waals surface area (Å²) < 4.78 is 39.0. The first-order valence-corrected chi connectivity index (χ1v) is 7.44. The maximum atomic E-state index is 14.0. The van der Waals surface area contributed by atoms with Crippen LogP contribution >= 0.6 is 0 Å². The number of benzene rings is 1. The summed E-state index contributed by atoms with van der Waals surface area (Å²) in [6.45, 7) is 0.361. The fraction of sp³-hybridized carbons (Fsp3) is 0.417. The highest BCUT2D eigenvalue weighted by Crippen LogP contribution is 2.36. The number of fused-ring (bicyclic) bond motifs is 3. The van der Waals surface area contributed by atoms with Gasteiger partial charge in [-0.25, -0.2) is 8.78 Å². The number of carbonyl (C=O) groups is 1. The van der Waals surface area contributed by atoms with Crippen molar-refractivity contribution < 1.29 is 17.8 Å². The van der Waals surface area contributed by atoms with Gasteiger partial charge in [-0.2, -0.15) is 0 Å². The Morgan fingerprint density at radius 2 is 2.16 bits per heavy atom. The molecule has 3 rings (SSSR count). The average Bonchev–Trinajstić information content (AvgIpc) is 2.49. The maximum Gasteiger partial charge on any atom is 0.226 e. The molecule has 1 aromatic carbocycles. The minimum atomic E-state index is -1.01. The van der Waals surface area contributed by atoms with Crippen LogP contribution in [0.1, 0.15) is 6.42 Å². The Kier molecular flexibility index (Phi) is 3.00. The first-order chi connectivity index (χ1) is 9.06. The Labute approximate surface area is 111 Å². The molecule has 2 aliphatic rings. The molecule has 0 bridgehead atoms. The van der Waals surface area contributed by atoms with Gasteiger partial charge < -0.3 is 10.2 Å². The molecule has 2 heterocycles. The van der Waals surface area contributed by atoms with Crippen molar-refractivity contribution in [1.29, 1.82) is 0 Å². The first kappa shape index (κ1) is 12.5. The number of amides is 1. The number of anilines is 2. The van der Waals surface area contributed by atoms with Gasteiger partial charge in [0.25, 0.3) is 0 Å². The summed E-state index contributed by atoms with van der Waals surface area (Å²) in [6, 6.07) is 2.02. The highest BCUT2D eigenvalue weighted by molar-refractivity contribution is 7.85. The molecule has 0 radical (unpaired) electrons. The van der Waals surface area contributed by atoms with Crippen LogP contribution in [0.4, 0.5) is 20.2 Å². The molecule has 0 saturated carbocycles. The van der Waals surface area contributed by atoms with E-state index in [1.54, 1.807) is 4.90 Å². The topological polar surface area (TPSA) is 49.4 Å². The lowest BCUT2D eigenvalue weighted by atomic mass is 10.1. The Bertz CT molecular complexity index is 579. The molecule has 1 N–H and O–H groups in total. The van der Waals surface area contributed by atoms with Crippen molar-refractivity contribution in [2.45, 2.75) is 12.5 Å². The van der Waals surface area contributed by atoms with E-state index in [4.69, 9.17) is 0 Å². The molecule has 1 amide bonds. The second kappa shape index (κ2) is 4.56. The number of hydrogen-bond acceptors (Lipinski definition) is 3. The largest absolute Gasteiger partial charge is 0.362 e. The second-order valence-corrected chi connectivity index (χ2v) is 6.29. The molecular weight excluding hydrogens is 274 g/mol. The molecule has 2 atom stereocenters. The third kappa shape index (κ3) is 2.11. The first-order valence-electron chi connectivity index (χ1n) is 5.95. The van der Waals surface area contributed by atoms with Gasteiger partial charge in [0.15, 0.2) is 11.6 Å². The predicted molar refractivity (Wildman–Crippen MR) is 68.6 cm³/mol. The van der Waals surface area contributed by atoms with Crippen molar-refractivity contribution in [3.05, 3.63) is 23.8 Å². The molecule has 0 spiro atoms. The van der Waals surface area contributed by atoms with Gasteiger partial charge in [-0.1, -0.05) is 0 Å². The number of hydrogen-bond donors (Lipinski definition) is 1. The van der Waals surface area contributed by atoms with Crippen molar-refractivity contribution in [3.8, 4) is 0 Å². The van der Waals surface area contributed by atoms with E-state index in [9.17, 15) is 17.8 Å². The molecule has 7 heteroatoms. The van der Waals surface area contributed by atoms with E-state index >= 15 is 0 Å². The highest BCUT2D eigenvalue weighted by Gasteiger charge is 2.35. The molecule has 2 unspecified atom stereocenters. The Hall–Kier alpha value is -1.50. The second-order valence-electron chi connectivity index (χ2n) is 4.67. The maximum absolute atomic E-state index is 14.0. The summed E-state index contributed by atoms with van der Waals surface area (Å²) in [7, 11) is -1.01. The number of nitrogens with one attached hydrogen (secondary N) is 1. The van der Waals surface area contributed by atoms with Gasteiger partial charge in [0, 0.05) is 41.3 Å². The predicted octanol–water partition coefficient (Wildman–Crippen LogP) is 1.24. The monoisotopic (exact) mass is 286 g/mol. The van der Waals surface area contributed by atoms with E-state index in [0.29, 0.717) is 18.1 Å². The lowest BCUT2D eigenvalue weighted by molar-refractivity contribution is -0.116. The molecule has 102 valence electrons. The van der Waals surface area contributed by atoms with Crippen molar-refractivity contribution in [2.75, 3.05) is 28.3 Å². The standard InChI is InChI=1S/C12H12F2N2O2S/c13-8-1-2-9-12(11(8)14)16-3-4-19(18)6-7(16)5-10(17)15-9/h1-2,7H,3-6H2,(H,15,17). The summed E-state index contributed by atoms with van der Waals surface area (Å²) in [6.07, 6.45) is 0.140. The van der Waals surface area contributed by atoms with Crippen LogP contribution in [-0.4, -0.2) is 34.2 Å². The smallest absolute Gasteiger partial charge is 0.226 e. The lowest BCUT2D eigenvalue weighted by Gasteiger charge is -2.35. The van der Waals surface area contributed by atoms with Gasteiger partial charge in [-0.05, 0) is 12.1 Å². The van der Waals surface area contributed by atoms with Gasteiger partial charge >= 0.3 is 0 Å². The molecule has 0 aliphatic carbocycles. The van der Waals surface area contributed by atoms with Crippen LogP contribution in [0.3, 0.4) is 0 Å². The van der Waals surface area contributed by atoms with Crippen LogP contribution < -0.4 is 10.2 Å². The van der Waals surface area contributed by atoms with Gasteiger partial charge in [-0.3, -0.25) is 9.00 Å². The molecule has 4 nitrogen and oxygen atoms in total. The molecule has 1 aromatic rings. The zero-order valence-corrected chi connectivity index (χ0v) is 10.8. The Morgan fingerprint density at radius 1 is 1.37 bits per heavy atom. The van der Waals surface area contributed by atoms with Gasteiger partial charge in [0.1, 0.15) is 5.69 Å². The van der Waals surface area contributed by atoms with E-state index in [-0.39, 0.29) is 29.7 Å². The summed E-state index contributed by atoms with van der Waals surface area (Å²) in [5.41, 5.74) is 0.353. The number of nitrogens with zero attached hydrogens (tertiary/aromatic N) is 1. The zero-order chi connectivity index (χ0) is 13.6. The van der Waals surface area contributed by atoms with Gasteiger partial charge in [0.2, 0.25) is 5.91 Å². The summed E-state index contributed by atoms with van der Waals surface area (Å²) in [4.78, 5) is 13.4. The fourth-order valence-corrected chi connectivity index (χ4v) is 3.86. The number of halogens is 2. The Balaban J connectivity index is 2.12. The summed E-state index contributed by atoms with van der Waals surface area (Å²) in [5.74, 6) is -1.46. The van der Waals surface area contributed by atoms with Crippen LogP contribution in [0.5, 0.6) is 0 Å². The van der Waals surface area contributed by atoms with E-state index in [1.165, 1.54) is 6.07 Å². The minimum absolute atomic E-state index is 0.0764. The quantitative estimate of drug-likeness (QED) is 0.781. The SMILES string of the molecule is O=C1CC2CS(=O)CCN2c2c(ccc(F)c2F)N1. The van der Waals surface area contributed by atoms with Crippen LogP contribution in [-0.2, 0) is 15.6 Å². The molecule has 19 heavy (non-hydrogen) atoms. The van der Waals surface area contributed by atoms with Crippen molar-refractivity contribution >= 4 is 28.1 Å². The van der Waals surface area contributed by atoms with Crippen molar-refractivity contribution in [1.82, 2.24) is 0 Å². The fourth-order valence-electron chi connectivity index (χ4n) is 2.57.